The smallest absolute Gasteiger partial charge is 0.292 e. The van der Waals surface area contributed by atoms with Gasteiger partial charge in [-0.25, -0.2) is 0 Å². The fourth-order valence-electron chi connectivity index (χ4n) is 3.69. The second kappa shape index (κ2) is 13.4. The lowest BCUT2D eigenvalue weighted by molar-refractivity contribution is 0.505. The van der Waals surface area contributed by atoms with E-state index < -0.39 is 0 Å². The van der Waals surface area contributed by atoms with E-state index in [-0.39, 0.29) is 5.41 Å². The summed E-state index contributed by atoms with van der Waals surface area (Å²) in [5.41, 5.74) is 3.96. The maximum Gasteiger partial charge on any atom is 0.292 e. The van der Waals surface area contributed by atoms with E-state index in [1.54, 1.807) is 73.6 Å². The van der Waals surface area contributed by atoms with E-state index in [0.717, 1.165) is 22.3 Å². The third-order valence-corrected chi connectivity index (χ3v) is 5.85. The van der Waals surface area contributed by atoms with Gasteiger partial charge in [0.1, 0.15) is 23.0 Å². The molecule has 0 aliphatic heterocycles. The molecular formula is C31H22N4O4. The average Bonchev–Trinajstić information content (AvgIpc) is 2.96. The highest BCUT2D eigenvalue weighted by atomic mass is 16.5. The van der Waals surface area contributed by atoms with Crippen molar-refractivity contribution in [2.24, 2.45) is 0 Å². The molecule has 39 heavy (non-hydrogen) atoms. The molecule has 8 heteroatoms. The van der Waals surface area contributed by atoms with Crippen molar-refractivity contribution < 1.29 is 18.9 Å². The van der Waals surface area contributed by atoms with Gasteiger partial charge in [0.25, 0.3) is 25.0 Å². The zero-order chi connectivity index (χ0) is 28.1. The second-order valence-corrected chi connectivity index (χ2v) is 8.50. The van der Waals surface area contributed by atoms with Crippen molar-refractivity contribution in [2.75, 3.05) is 0 Å². The molecule has 0 aromatic heterocycles. The summed E-state index contributed by atoms with van der Waals surface area (Å²) in [5.74, 6) is 2.06. The van der Waals surface area contributed by atoms with Gasteiger partial charge in [0.15, 0.2) is 0 Å². The van der Waals surface area contributed by atoms with Gasteiger partial charge in [-0.05, 0) is 70.8 Å². The normalized spacial score (nSPS) is 9.69. The van der Waals surface area contributed by atoms with Crippen LogP contribution in [-0.2, 0) is 5.41 Å². The van der Waals surface area contributed by atoms with Crippen molar-refractivity contribution in [1.29, 1.82) is 21.0 Å². The molecule has 4 rings (SSSR count). The van der Waals surface area contributed by atoms with Gasteiger partial charge in [-0.15, -0.1) is 21.0 Å². The van der Waals surface area contributed by atoms with Crippen LogP contribution in [0.4, 0.5) is 0 Å². The summed E-state index contributed by atoms with van der Waals surface area (Å²) in [7, 11) is 0. The van der Waals surface area contributed by atoms with E-state index in [1.165, 1.54) is 0 Å². The summed E-state index contributed by atoms with van der Waals surface area (Å²) in [5, 5.41) is 33.7. The highest BCUT2D eigenvalue weighted by Crippen LogP contribution is 2.33. The lowest BCUT2D eigenvalue weighted by Crippen LogP contribution is -2.18. The van der Waals surface area contributed by atoms with Gasteiger partial charge in [0.05, 0.1) is 0 Å². The Morgan fingerprint density at radius 1 is 0.410 bits per heavy atom. The van der Waals surface area contributed by atoms with E-state index >= 15 is 0 Å². The zero-order valence-corrected chi connectivity index (χ0v) is 21.2. The van der Waals surface area contributed by atoms with Crippen LogP contribution >= 0.6 is 0 Å². The predicted octanol–water partition coefficient (Wildman–Crippen LogP) is 6.81. The first kappa shape index (κ1) is 27.6. The van der Waals surface area contributed by atoms with Gasteiger partial charge in [-0.2, -0.15) is 0 Å². The summed E-state index contributed by atoms with van der Waals surface area (Å²) in [4.78, 5) is 0. The topological polar surface area (TPSA) is 132 Å². The largest absolute Gasteiger partial charge is 0.388 e. The van der Waals surface area contributed by atoms with E-state index in [0.29, 0.717) is 23.0 Å². The summed E-state index contributed by atoms with van der Waals surface area (Å²) in [6, 6.07) is 29.1. The maximum absolute atomic E-state index is 8.49. The molecule has 0 amide bonds. The van der Waals surface area contributed by atoms with E-state index in [1.807, 2.05) is 48.5 Å². The third-order valence-electron chi connectivity index (χ3n) is 5.85. The number of rotatable bonds is 7. The van der Waals surface area contributed by atoms with Gasteiger partial charge < -0.3 is 18.9 Å². The number of nitrogens with zero attached hydrogens (tertiary/aromatic N) is 4. The second-order valence-electron chi connectivity index (χ2n) is 8.50. The number of hydrogen-bond donors (Lipinski definition) is 0. The zero-order valence-electron chi connectivity index (χ0n) is 21.2. The van der Waals surface area contributed by atoms with Crippen molar-refractivity contribution in [2.45, 2.75) is 19.3 Å². The standard InChI is InChI=1S/C17H14N2O2.C14H8N2O2/c1-17(2,13-3-7-15(8-4-13)20-11-18)14-5-9-16(10-6-14)21-12-19;15-9-17-13-5-1-11(2-6-13)12-3-7-14(8-4-12)18-10-16/h3-10H,1-2H3;1-8H. The van der Waals surface area contributed by atoms with Gasteiger partial charge >= 0.3 is 0 Å². The molecule has 8 nitrogen and oxygen atoms in total. The summed E-state index contributed by atoms with van der Waals surface area (Å²) in [6.45, 7) is 4.21. The molecule has 0 fully saturated rings. The van der Waals surface area contributed by atoms with E-state index in [9.17, 15) is 0 Å². The van der Waals surface area contributed by atoms with E-state index in [4.69, 9.17) is 40.0 Å². The van der Waals surface area contributed by atoms with Crippen LogP contribution in [0.5, 0.6) is 23.0 Å². The first-order valence-corrected chi connectivity index (χ1v) is 11.6. The minimum absolute atomic E-state index is 0.212. The van der Waals surface area contributed by atoms with Crippen molar-refractivity contribution >= 4 is 0 Å². The molecule has 0 aliphatic rings. The molecule has 0 bridgehead atoms. The molecule has 0 aliphatic carbocycles. The highest BCUT2D eigenvalue weighted by Gasteiger charge is 2.23. The Bertz CT molecular complexity index is 1420. The third kappa shape index (κ3) is 7.51. The van der Waals surface area contributed by atoms with Gasteiger partial charge in [0, 0.05) is 5.41 Å². The predicted molar refractivity (Wildman–Crippen MR) is 142 cm³/mol. The molecule has 0 heterocycles. The first-order valence-electron chi connectivity index (χ1n) is 11.6. The molecular weight excluding hydrogens is 492 g/mol. The maximum atomic E-state index is 8.49. The van der Waals surface area contributed by atoms with Gasteiger partial charge in [-0.1, -0.05) is 62.4 Å². The Morgan fingerprint density at radius 3 is 0.872 bits per heavy atom. The summed E-state index contributed by atoms with van der Waals surface area (Å²) < 4.78 is 19.0. The minimum atomic E-state index is -0.212. The summed E-state index contributed by atoms with van der Waals surface area (Å²) in [6.07, 6.45) is 6.54. The molecule has 0 N–H and O–H groups in total. The lowest BCUT2D eigenvalue weighted by atomic mass is 9.78. The molecule has 0 radical (unpaired) electrons. The molecule has 0 unspecified atom stereocenters. The van der Waals surface area contributed by atoms with E-state index in [2.05, 4.69) is 13.8 Å². The molecule has 0 saturated carbocycles. The highest BCUT2D eigenvalue weighted by molar-refractivity contribution is 5.65. The first-order chi connectivity index (χ1) is 18.9. The Morgan fingerprint density at radius 2 is 0.641 bits per heavy atom. The van der Waals surface area contributed by atoms with Crippen molar-refractivity contribution in [3.8, 4) is 59.1 Å². The number of ether oxygens (including phenoxy) is 4. The van der Waals surface area contributed by atoms with Crippen LogP contribution in [0.3, 0.4) is 0 Å². The van der Waals surface area contributed by atoms with Crippen LogP contribution in [0.25, 0.3) is 11.1 Å². The Labute approximate surface area is 226 Å². The van der Waals surface area contributed by atoms with Crippen LogP contribution in [0.2, 0.25) is 0 Å². The number of nitriles is 4. The number of benzene rings is 4. The quantitative estimate of drug-likeness (QED) is 0.246. The molecule has 0 saturated heterocycles. The Kier molecular flexibility index (Phi) is 9.47. The minimum Gasteiger partial charge on any atom is -0.388 e. The van der Waals surface area contributed by atoms with Crippen LogP contribution in [0.1, 0.15) is 25.0 Å². The van der Waals surface area contributed by atoms with Gasteiger partial charge in [0.2, 0.25) is 0 Å². The van der Waals surface area contributed by atoms with Crippen LogP contribution in [0.15, 0.2) is 97.1 Å². The van der Waals surface area contributed by atoms with Crippen molar-refractivity contribution in [3.05, 3.63) is 108 Å². The fourth-order valence-corrected chi connectivity index (χ4v) is 3.69. The monoisotopic (exact) mass is 514 g/mol. The summed E-state index contributed by atoms with van der Waals surface area (Å²) >= 11 is 0. The number of hydrogen-bond acceptors (Lipinski definition) is 8. The molecule has 0 spiro atoms. The van der Waals surface area contributed by atoms with Crippen molar-refractivity contribution in [1.82, 2.24) is 0 Å². The lowest BCUT2D eigenvalue weighted by Gasteiger charge is -2.26. The van der Waals surface area contributed by atoms with Crippen LogP contribution in [-0.4, -0.2) is 0 Å². The molecule has 0 atom stereocenters. The molecule has 190 valence electrons. The average molecular weight is 515 g/mol. The van der Waals surface area contributed by atoms with Crippen LogP contribution < -0.4 is 18.9 Å². The Balaban J connectivity index is 0.000000218. The van der Waals surface area contributed by atoms with Crippen LogP contribution in [0, 0.1) is 46.1 Å². The SMILES string of the molecule is CC(C)(c1ccc(OC#N)cc1)c1ccc(OC#N)cc1.N#COc1ccc(-c2ccc(OC#N)cc2)cc1. The molecule has 4 aromatic rings. The van der Waals surface area contributed by atoms with Gasteiger partial charge in [-0.3, -0.25) is 0 Å². The Hall–Kier alpha value is -5.96. The molecule has 4 aromatic carbocycles. The fraction of sp³-hybridized carbons (Fsp3) is 0.0968. The van der Waals surface area contributed by atoms with Crippen molar-refractivity contribution in [3.63, 3.8) is 0 Å².